The van der Waals surface area contributed by atoms with E-state index in [2.05, 4.69) is 20.5 Å². The van der Waals surface area contributed by atoms with Gasteiger partial charge in [0.2, 0.25) is 11.7 Å². The Labute approximate surface area is 146 Å². The molecule has 7 nitrogen and oxygen atoms in total. The first-order valence-corrected chi connectivity index (χ1v) is 8.65. The predicted molar refractivity (Wildman–Crippen MR) is 94.0 cm³/mol. The number of carbonyl (C=O) groups is 2. The summed E-state index contributed by atoms with van der Waals surface area (Å²) in [6, 6.07) is 5.75. The number of amides is 2. The number of hydrogen-bond donors (Lipinski definition) is 1. The minimum Gasteiger partial charge on any atom is -0.354 e. The third-order valence-electron chi connectivity index (χ3n) is 4.31. The molecule has 1 N–H and O–H groups in total. The minimum atomic E-state index is -0.266. The molecule has 1 aromatic carbocycles. The van der Waals surface area contributed by atoms with Gasteiger partial charge in [-0.25, -0.2) is 4.98 Å². The fraction of sp³-hybridized carbons (Fsp3) is 0.500. The maximum atomic E-state index is 12.7. The largest absolute Gasteiger partial charge is 0.354 e. The van der Waals surface area contributed by atoms with E-state index in [-0.39, 0.29) is 29.6 Å². The number of hydrogen-bond acceptors (Lipinski definition) is 5. The summed E-state index contributed by atoms with van der Waals surface area (Å²) in [6.45, 7) is 6.83. The maximum Gasteiger partial charge on any atom is 0.293 e. The van der Waals surface area contributed by atoms with Crippen LogP contribution in [0.15, 0.2) is 18.2 Å². The Kier molecular flexibility index (Phi) is 4.92. The molecule has 1 aromatic heterocycles. The Morgan fingerprint density at radius 3 is 2.80 bits per heavy atom. The minimum absolute atomic E-state index is 0.000629. The molecule has 1 aliphatic rings. The number of aryl methyl sites for hydroxylation is 1. The van der Waals surface area contributed by atoms with E-state index in [0.717, 1.165) is 18.4 Å². The highest BCUT2D eigenvalue weighted by Gasteiger charge is 2.30. The Hall–Kier alpha value is -2.57. The molecular weight excluding hydrogens is 318 g/mol. The first kappa shape index (κ1) is 17.3. The Balaban J connectivity index is 1.77. The van der Waals surface area contributed by atoms with E-state index < -0.39 is 0 Å². The quantitative estimate of drug-likeness (QED) is 0.918. The summed E-state index contributed by atoms with van der Waals surface area (Å²) in [6.07, 6.45) is 1.58. The van der Waals surface area contributed by atoms with Crippen LogP contribution in [0.2, 0.25) is 0 Å². The normalized spacial score (nSPS) is 17.8. The lowest BCUT2D eigenvalue weighted by atomic mass is 9.96. The molecule has 0 radical (unpaired) electrons. The first-order chi connectivity index (χ1) is 11.9. The van der Waals surface area contributed by atoms with Crippen molar-refractivity contribution in [1.82, 2.24) is 25.4 Å². The molecule has 132 valence electrons. The number of carbonyl (C=O) groups excluding carboxylic acids is 2. The first-order valence-electron chi connectivity index (χ1n) is 8.65. The van der Waals surface area contributed by atoms with Crippen molar-refractivity contribution in [3.8, 4) is 0 Å². The van der Waals surface area contributed by atoms with Gasteiger partial charge in [0, 0.05) is 19.1 Å². The van der Waals surface area contributed by atoms with E-state index in [9.17, 15) is 9.59 Å². The molecule has 1 saturated heterocycles. The van der Waals surface area contributed by atoms with Gasteiger partial charge in [-0.2, -0.15) is 0 Å². The van der Waals surface area contributed by atoms with E-state index in [0.29, 0.717) is 24.1 Å². The van der Waals surface area contributed by atoms with Gasteiger partial charge in [-0.3, -0.25) is 9.59 Å². The van der Waals surface area contributed by atoms with E-state index in [1.807, 2.05) is 39.0 Å². The molecule has 1 aliphatic heterocycles. The van der Waals surface area contributed by atoms with Crippen LogP contribution < -0.4 is 5.32 Å². The second-order valence-electron chi connectivity index (χ2n) is 6.88. The monoisotopic (exact) mass is 341 g/mol. The van der Waals surface area contributed by atoms with Crippen LogP contribution >= 0.6 is 0 Å². The maximum absolute atomic E-state index is 12.7. The summed E-state index contributed by atoms with van der Waals surface area (Å²) in [5, 5.41) is 11.0. The van der Waals surface area contributed by atoms with Gasteiger partial charge < -0.3 is 10.2 Å². The second kappa shape index (κ2) is 7.13. The van der Waals surface area contributed by atoms with Crippen molar-refractivity contribution >= 4 is 22.8 Å². The van der Waals surface area contributed by atoms with Gasteiger partial charge in [0.1, 0.15) is 5.52 Å². The lowest BCUT2D eigenvalue weighted by molar-refractivity contribution is -0.126. The van der Waals surface area contributed by atoms with Crippen molar-refractivity contribution in [2.24, 2.45) is 5.92 Å². The van der Waals surface area contributed by atoms with Crippen molar-refractivity contribution in [3.63, 3.8) is 0 Å². The zero-order valence-corrected chi connectivity index (χ0v) is 14.8. The molecule has 0 spiro atoms. The van der Waals surface area contributed by atoms with Gasteiger partial charge in [-0.15, -0.1) is 10.2 Å². The smallest absolute Gasteiger partial charge is 0.293 e. The van der Waals surface area contributed by atoms with Gasteiger partial charge in [-0.1, -0.05) is 6.07 Å². The molecule has 1 atom stereocenters. The number of aromatic nitrogens is 3. The molecule has 25 heavy (non-hydrogen) atoms. The van der Waals surface area contributed by atoms with Gasteiger partial charge in [-0.05, 0) is 51.3 Å². The molecule has 0 bridgehead atoms. The number of piperidine rings is 1. The number of likely N-dealkylation sites (tertiary alicyclic amines) is 1. The standard InChI is InChI=1S/C18H23N5O2/c1-11(2)19-17(24)13-5-4-8-23(10-13)18(25)16-20-15-9-12(3)6-7-14(15)21-22-16/h6-7,9,11,13H,4-5,8,10H2,1-3H3,(H,19,24). The SMILES string of the molecule is Cc1ccc2nnc(C(=O)N3CCCC(C(=O)NC(C)C)C3)nc2c1. The van der Waals surface area contributed by atoms with Crippen LogP contribution in [-0.4, -0.2) is 51.0 Å². The van der Waals surface area contributed by atoms with Crippen molar-refractivity contribution in [2.45, 2.75) is 39.7 Å². The number of fused-ring (bicyclic) bond motifs is 1. The third kappa shape index (κ3) is 3.92. The number of rotatable bonds is 3. The van der Waals surface area contributed by atoms with Crippen molar-refractivity contribution < 1.29 is 9.59 Å². The molecular formula is C18H23N5O2. The number of nitrogens with one attached hydrogen (secondary N) is 1. The summed E-state index contributed by atoms with van der Waals surface area (Å²) in [5.74, 6) is -0.364. The van der Waals surface area contributed by atoms with Crippen molar-refractivity contribution in [1.29, 1.82) is 0 Å². The highest BCUT2D eigenvalue weighted by molar-refractivity contribution is 5.92. The summed E-state index contributed by atoms with van der Waals surface area (Å²) >= 11 is 0. The van der Waals surface area contributed by atoms with Gasteiger partial charge in [0.05, 0.1) is 11.4 Å². The zero-order chi connectivity index (χ0) is 18.0. The molecule has 2 amide bonds. The summed E-state index contributed by atoms with van der Waals surface area (Å²) in [5.41, 5.74) is 2.37. The van der Waals surface area contributed by atoms with Gasteiger partial charge >= 0.3 is 0 Å². The van der Waals surface area contributed by atoms with Gasteiger partial charge in [0.25, 0.3) is 5.91 Å². The van der Waals surface area contributed by atoms with Crippen molar-refractivity contribution in [2.75, 3.05) is 13.1 Å². The molecule has 1 unspecified atom stereocenters. The van der Waals surface area contributed by atoms with Crippen LogP contribution in [-0.2, 0) is 4.79 Å². The molecule has 2 aromatic rings. The topological polar surface area (TPSA) is 88.1 Å². The molecule has 0 saturated carbocycles. The lowest BCUT2D eigenvalue weighted by Crippen LogP contribution is -2.47. The average molecular weight is 341 g/mol. The van der Waals surface area contributed by atoms with Crippen molar-refractivity contribution in [3.05, 3.63) is 29.6 Å². The number of nitrogens with zero attached hydrogens (tertiary/aromatic N) is 4. The number of benzene rings is 1. The predicted octanol–water partition coefficient (Wildman–Crippen LogP) is 1.71. The van der Waals surface area contributed by atoms with E-state index >= 15 is 0 Å². The van der Waals surface area contributed by atoms with E-state index in [1.165, 1.54) is 0 Å². The van der Waals surface area contributed by atoms with Crippen LogP contribution in [0.1, 0.15) is 42.9 Å². The highest BCUT2D eigenvalue weighted by atomic mass is 16.2. The molecule has 3 rings (SSSR count). The summed E-state index contributed by atoms with van der Waals surface area (Å²) < 4.78 is 0. The van der Waals surface area contributed by atoms with Gasteiger partial charge in [0.15, 0.2) is 0 Å². The molecule has 0 aliphatic carbocycles. The fourth-order valence-corrected chi connectivity index (χ4v) is 3.06. The van der Waals surface area contributed by atoms with Crippen LogP contribution in [0.3, 0.4) is 0 Å². The van der Waals surface area contributed by atoms with Crippen LogP contribution in [0, 0.1) is 12.8 Å². The van der Waals surface area contributed by atoms with E-state index in [4.69, 9.17) is 0 Å². The molecule has 7 heteroatoms. The van der Waals surface area contributed by atoms with Crippen LogP contribution in [0.4, 0.5) is 0 Å². The summed E-state index contributed by atoms with van der Waals surface area (Å²) in [7, 11) is 0. The summed E-state index contributed by atoms with van der Waals surface area (Å²) in [4.78, 5) is 31.0. The lowest BCUT2D eigenvalue weighted by Gasteiger charge is -2.31. The Bertz CT molecular complexity index is 805. The zero-order valence-electron chi connectivity index (χ0n) is 14.8. The molecule has 2 heterocycles. The third-order valence-corrected chi connectivity index (χ3v) is 4.31. The van der Waals surface area contributed by atoms with E-state index in [1.54, 1.807) is 4.90 Å². The van der Waals surface area contributed by atoms with Crippen LogP contribution in [0.5, 0.6) is 0 Å². The fourth-order valence-electron chi connectivity index (χ4n) is 3.06. The van der Waals surface area contributed by atoms with Crippen LogP contribution in [0.25, 0.3) is 11.0 Å². The Morgan fingerprint density at radius 2 is 2.04 bits per heavy atom. The average Bonchev–Trinajstić information content (AvgIpc) is 2.60. The highest BCUT2D eigenvalue weighted by Crippen LogP contribution is 2.19. The second-order valence-corrected chi connectivity index (χ2v) is 6.88. The molecule has 1 fully saturated rings. The Morgan fingerprint density at radius 1 is 1.24 bits per heavy atom.